The molecule has 1 aromatic rings. The van der Waals surface area contributed by atoms with E-state index in [0.29, 0.717) is 0 Å². The van der Waals surface area contributed by atoms with Crippen LogP contribution in [0.1, 0.15) is 33.1 Å². The Kier molecular flexibility index (Phi) is 5.97. The highest BCUT2D eigenvalue weighted by Crippen LogP contribution is 2.28. The standard InChI is InChI=1S/C17H27N3S/c1-4-17(5-2)14-21-16(19-17)18-12-9-13-20(3)15-10-7-6-8-11-15/h6-8,10-11H,4-5,9,12-14H2,1-3H3,(H,18,19). The molecule has 1 saturated heterocycles. The summed E-state index contributed by atoms with van der Waals surface area (Å²) in [6.45, 7) is 6.46. The molecule has 116 valence electrons. The van der Waals surface area contributed by atoms with Crippen LogP contribution in [0.2, 0.25) is 0 Å². The highest BCUT2D eigenvalue weighted by Gasteiger charge is 2.33. The maximum atomic E-state index is 4.72. The molecule has 0 spiro atoms. The number of thioether (sulfide) groups is 1. The van der Waals surface area contributed by atoms with Crippen LogP contribution < -0.4 is 10.2 Å². The van der Waals surface area contributed by atoms with E-state index >= 15 is 0 Å². The van der Waals surface area contributed by atoms with Crippen LogP contribution in [-0.4, -0.2) is 36.6 Å². The first-order valence-corrected chi connectivity index (χ1v) is 8.89. The lowest BCUT2D eigenvalue weighted by Crippen LogP contribution is -2.42. The minimum absolute atomic E-state index is 0.282. The molecule has 0 radical (unpaired) electrons. The van der Waals surface area contributed by atoms with Gasteiger partial charge in [-0.2, -0.15) is 0 Å². The molecule has 0 bridgehead atoms. The first-order chi connectivity index (χ1) is 10.2. The Morgan fingerprint density at radius 1 is 1.24 bits per heavy atom. The zero-order valence-electron chi connectivity index (χ0n) is 13.4. The van der Waals surface area contributed by atoms with Crippen LogP contribution in [0.5, 0.6) is 0 Å². The summed E-state index contributed by atoms with van der Waals surface area (Å²) in [6.07, 6.45) is 3.43. The van der Waals surface area contributed by atoms with E-state index in [-0.39, 0.29) is 5.54 Å². The van der Waals surface area contributed by atoms with Gasteiger partial charge in [-0.3, -0.25) is 4.99 Å². The summed E-state index contributed by atoms with van der Waals surface area (Å²) >= 11 is 1.88. The number of para-hydroxylation sites is 1. The van der Waals surface area contributed by atoms with Crippen molar-refractivity contribution in [1.29, 1.82) is 0 Å². The number of benzene rings is 1. The molecule has 0 aliphatic carbocycles. The van der Waals surface area contributed by atoms with Crippen molar-refractivity contribution in [2.24, 2.45) is 4.99 Å². The molecule has 1 fully saturated rings. The second-order valence-corrected chi connectivity index (χ2v) is 6.66. The zero-order valence-corrected chi connectivity index (χ0v) is 14.2. The molecule has 0 unspecified atom stereocenters. The largest absolute Gasteiger partial charge is 0.375 e. The van der Waals surface area contributed by atoms with Crippen LogP contribution in [0.3, 0.4) is 0 Å². The van der Waals surface area contributed by atoms with Crippen molar-refractivity contribution in [2.45, 2.75) is 38.6 Å². The lowest BCUT2D eigenvalue weighted by atomic mass is 9.96. The number of nitrogens with zero attached hydrogens (tertiary/aromatic N) is 2. The third-order valence-electron chi connectivity index (χ3n) is 4.31. The van der Waals surface area contributed by atoms with Gasteiger partial charge >= 0.3 is 0 Å². The van der Waals surface area contributed by atoms with Crippen molar-refractivity contribution in [3.63, 3.8) is 0 Å². The molecular weight excluding hydrogens is 278 g/mol. The molecule has 1 N–H and O–H groups in total. The number of anilines is 1. The van der Waals surface area contributed by atoms with Crippen LogP contribution >= 0.6 is 11.8 Å². The fraction of sp³-hybridized carbons (Fsp3) is 0.588. The van der Waals surface area contributed by atoms with Gasteiger partial charge < -0.3 is 10.2 Å². The Hall–Kier alpha value is -1.16. The van der Waals surface area contributed by atoms with Crippen LogP contribution in [0.4, 0.5) is 5.69 Å². The van der Waals surface area contributed by atoms with Gasteiger partial charge in [0.15, 0.2) is 5.17 Å². The van der Waals surface area contributed by atoms with Crippen molar-refractivity contribution < 1.29 is 0 Å². The summed E-state index contributed by atoms with van der Waals surface area (Å²) < 4.78 is 0. The lowest BCUT2D eigenvalue weighted by molar-refractivity contribution is 0.407. The predicted molar refractivity (Wildman–Crippen MR) is 95.5 cm³/mol. The maximum absolute atomic E-state index is 4.72. The van der Waals surface area contributed by atoms with Crippen molar-refractivity contribution in [3.05, 3.63) is 30.3 Å². The number of hydrogen-bond acceptors (Lipinski definition) is 3. The fourth-order valence-corrected chi connectivity index (χ4v) is 3.89. The molecule has 0 aromatic heterocycles. The number of amidine groups is 1. The topological polar surface area (TPSA) is 27.6 Å². The van der Waals surface area contributed by atoms with Crippen molar-refractivity contribution in [2.75, 3.05) is 30.8 Å². The van der Waals surface area contributed by atoms with Gasteiger partial charge in [-0.15, -0.1) is 0 Å². The Balaban J connectivity index is 1.74. The number of hydrogen-bond donors (Lipinski definition) is 1. The monoisotopic (exact) mass is 305 g/mol. The molecular formula is C17H27N3S. The highest BCUT2D eigenvalue weighted by molar-refractivity contribution is 8.14. The van der Waals surface area contributed by atoms with E-state index in [2.05, 4.69) is 61.4 Å². The summed E-state index contributed by atoms with van der Waals surface area (Å²) in [5.74, 6) is 1.16. The second kappa shape index (κ2) is 7.74. The van der Waals surface area contributed by atoms with E-state index in [1.807, 2.05) is 11.8 Å². The van der Waals surface area contributed by atoms with Gasteiger partial charge in [0.1, 0.15) is 0 Å². The molecule has 1 aliphatic heterocycles. The van der Waals surface area contributed by atoms with Crippen LogP contribution in [-0.2, 0) is 0 Å². The second-order valence-electron chi connectivity index (χ2n) is 5.70. The molecule has 0 saturated carbocycles. The third-order valence-corrected chi connectivity index (χ3v) is 5.52. The molecule has 4 heteroatoms. The van der Waals surface area contributed by atoms with Crippen molar-refractivity contribution >= 4 is 22.6 Å². The first kappa shape index (κ1) is 16.2. The van der Waals surface area contributed by atoms with Gasteiger partial charge in [0, 0.05) is 37.1 Å². The van der Waals surface area contributed by atoms with Gasteiger partial charge in [-0.05, 0) is 31.4 Å². The number of aliphatic imine (C=N–C) groups is 1. The zero-order chi connectivity index (χ0) is 15.1. The molecule has 0 atom stereocenters. The minimum atomic E-state index is 0.282. The molecule has 1 heterocycles. The Morgan fingerprint density at radius 3 is 2.57 bits per heavy atom. The molecule has 2 rings (SSSR count). The molecule has 0 amide bonds. The molecule has 1 aromatic carbocycles. The van der Waals surface area contributed by atoms with E-state index in [9.17, 15) is 0 Å². The van der Waals surface area contributed by atoms with E-state index in [0.717, 1.165) is 30.4 Å². The van der Waals surface area contributed by atoms with Gasteiger partial charge in [-0.25, -0.2) is 0 Å². The minimum Gasteiger partial charge on any atom is -0.375 e. The maximum Gasteiger partial charge on any atom is 0.157 e. The molecule has 21 heavy (non-hydrogen) atoms. The van der Waals surface area contributed by atoms with E-state index in [1.54, 1.807) is 0 Å². The third kappa shape index (κ3) is 4.40. The average molecular weight is 305 g/mol. The number of rotatable bonds is 7. The highest BCUT2D eigenvalue weighted by atomic mass is 32.2. The van der Waals surface area contributed by atoms with Crippen molar-refractivity contribution in [3.8, 4) is 0 Å². The van der Waals surface area contributed by atoms with Gasteiger partial charge in [0.2, 0.25) is 0 Å². The average Bonchev–Trinajstić information content (AvgIpc) is 2.96. The van der Waals surface area contributed by atoms with Crippen LogP contribution in [0.25, 0.3) is 0 Å². The smallest absolute Gasteiger partial charge is 0.157 e. The molecule has 1 aliphatic rings. The first-order valence-electron chi connectivity index (χ1n) is 7.91. The fourth-order valence-electron chi connectivity index (χ4n) is 2.52. The normalized spacial score (nSPS) is 18.7. The molecule has 3 nitrogen and oxygen atoms in total. The van der Waals surface area contributed by atoms with E-state index in [4.69, 9.17) is 4.99 Å². The number of nitrogens with one attached hydrogen (secondary N) is 1. The SMILES string of the molecule is CCC1(CC)CSC(=NCCCN(C)c2ccccc2)N1. The summed E-state index contributed by atoms with van der Waals surface area (Å²) in [5, 5.41) is 4.76. The predicted octanol–water partition coefficient (Wildman–Crippen LogP) is 3.76. The van der Waals surface area contributed by atoms with Crippen molar-refractivity contribution in [1.82, 2.24) is 5.32 Å². The Labute approximate surface area is 133 Å². The van der Waals surface area contributed by atoms with Gasteiger partial charge in [-0.1, -0.05) is 43.8 Å². The van der Waals surface area contributed by atoms with E-state index in [1.165, 1.54) is 18.5 Å². The Bertz CT molecular complexity index is 454. The lowest BCUT2D eigenvalue weighted by Gasteiger charge is -2.25. The quantitative estimate of drug-likeness (QED) is 0.777. The summed E-state index contributed by atoms with van der Waals surface area (Å²) in [4.78, 5) is 7.01. The summed E-state index contributed by atoms with van der Waals surface area (Å²) in [7, 11) is 2.14. The van der Waals surface area contributed by atoms with Crippen LogP contribution in [0.15, 0.2) is 35.3 Å². The van der Waals surface area contributed by atoms with Crippen LogP contribution in [0, 0.1) is 0 Å². The summed E-state index contributed by atoms with van der Waals surface area (Å²) in [6, 6.07) is 10.5. The van der Waals surface area contributed by atoms with Gasteiger partial charge in [0.05, 0.1) is 0 Å². The summed E-state index contributed by atoms with van der Waals surface area (Å²) in [5.41, 5.74) is 1.55. The van der Waals surface area contributed by atoms with Gasteiger partial charge in [0.25, 0.3) is 0 Å². The Morgan fingerprint density at radius 2 is 1.95 bits per heavy atom. The van der Waals surface area contributed by atoms with E-state index < -0.39 is 0 Å².